The van der Waals surface area contributed by atoms with Crippen molar-refractivity contribution in [3.63, 3.8) is 0 Å². The van der Waals surface area contributed by atoms with Crippen LogP contribution in [0.1, 0.15) is 39.5 Å². The van der Waals surface area contributed by atoms with Crippen LogP contribution >= 0.6 is 31.9 Å². The highest BCUT2D eigenvalue weighted by atomic mass is 79.9. The Morgan fingerprint density at radius 3 is 1.67 bits per heavy atom. The molecular formula is C35H40Br2N16O. The summed E-state index contributed by atoms with van der Waals surface area (Å²) in [6.07, 6.45) is 18.1. The van der Waals surface area contributed by atoms with E-state index in [0.717, 1.165) is 106 Å². The first-order valence-corrected chi connectivity index (χ1v) is 19.4. The fourth-order valence-corrected chi connectivity index (χ4v) is 6.40. The third kappa shape index (κ3) is 9.31. The Morgan fingerprint density at radius 1 is 0.685 bits per heavy atom. The van der Waals surface area contributed by atoms with E-state index in [-0.39, 0.29) is 0 Å². The zero-order valence-electron chi connectivity index (χ0n) is 29.8. The van der Waals surface area contributed by atoms with Crippen LogP contribution in [0, 0.1) is 5.92 Å². The second-order valence-electron chi connectivity index (χ2n) is 12.5. The largest absolute Gasteiger partial charge is 0.381 e. The van der Waals surface area contributed by atoms with Gasteiger partial charge in [0.15, 0.2) is 0 Å². The maximum absolute atomic E-state index is 5.45. The van der Waals surface area contributed by atoms with Gasteiger partial charge in [-0.15, -0.1) is 0 Å². The van der Waals surface area contributed by atoms with Crippen molar-refractivity contribution in [2.24, 2.45) is 5.92 Å². The molecule has 0 bridgehead atoms. The Hall–Kier alpha value is -5.14. The van der Waals surface area contributed by atoms with Gasteiger partial charge in [0.1, 0.15) is 44.9 Å². The van der Waals surface area contributed by atoms with Crippen LogP contribution in [-0.4, -0.2) is 98.3 Å². The predicted octanol–water partition coefficient (Wildman–Crippen LogP) is 6.04. The lowest BCUT2D eigenvalue weighted by molar-refractivity contribution is 0.0903. The van der Waals surface area contributed by atoms with Gasteiger partial charge in [0.05, 0.1) is 23.8 Å². The number of ether oxygens (including phenoxy) is 1. The molecule has 54 heavy (non-hydrogen) atoms. The van der Waals surface area contributed by atoms with Gasteiger partial charge < -0.3 is 26.0 Å². The van der Waals surface area contributed by atoms with Crippen molar-refractivity contribution >= 4 is 55.1 Å². The summed E-state index contributed by atoms with van der Waals surface area (Å²) in [4.78, 5) is 35.0. The minimum absolute atomic E-state index is 0.316. The standard InChI is InChI=1S/C18H21BrN8O.C17H19BrN8/c1-2-21-16-15(19)17(24-13-4-7-28-8-5-13)26-18(25-16)27-10-12(9-23-27)14-3-6-20-11-22-14;1-2-20-15-14(18)16(21-7-11-3-4-11)25-17(24-15)26-9-12(8-23-26)13-5-6-19-10-22-13/h3,6,9-11,13H,2,4-5,7-8H2,1H3,(H2,21,24,25,26);5-6,8-11H,2-4,7H2,1H3,(H2,20,21,24,25). The van der Waals surface area contributed by atoms with Crippen LogP contribution in [0.5, 0.6) is 0 Å². The zero-order chi connectivity index (χ0) is 37.3. The molecule has 19 heteroatoms. The molecule has 6 aromatic heterocycles. The fourth-order valence-electron chi connectivity index (χ4n) is 5.51. The highest BCUT2D eigenvalue weighted by molar-refractivity contribution is 9.11. The quantitative estimate of drug-likeness (QED) is 0.105. The van der Waals surface area contributed by atoms with E-state index in [1.807, 2.05) is 38.4 Å². The summed E-state index contributed by atoms with van der Waals surface area (Å²) in [5.41, 5.74) is 3.36. The molecule has 0 radical (unpaired) electrons. The maximum atomic E-state index is 5.45. The highest BCUT2D eigenvalue weighted by Crippen LogP contribution is 2.33. The van der Waals surface area contributed by atoms with Gasteiger partial charge in [-0.2, -0.15) is 30.1 Å². The lowest BCUT2D eigenvalue weighted by atomic mass is 10.1. The lowest BCUT2D eigenvalue weighted by Crippen LogP contribution is -2.28. The molecule has 1 saturated heterocycles. The van der Waals surface area contributed by atoms with Crippen LogP contribution in [0.3, 0.4) is 0 Å². The van der Waals surface area contributed by atoms with E-state index in [0.29, 0.717) is 17.9 Å². The Bertz CT molecular complexity index is 2120. The van der Waals surface area contributed by atoms with Crippen molar-refractivity contribution in [2.75, 3.05) is 54.1 Å². The molecule has 0 unspecified atom stereocenters. The van der Waals surface area contributed by atoms with E-state index in [2.05, 4.69) is 98.2 Å². The Balaban J connectivity index is 0.000000167. The minimum atomic E-state index is 0.316. The van der Waals surface area contributed by atoms with Crippen molar-refractivity contribution in [2.45, 2.75) is 45.6 Å². The second-order valence-corrected chi connectivity index (χ2v) is 14.1. The zero-order valence-corrected chi connectivity index (χ0v) is 33.0. The number of nitrogens with zero attached hydrogens (tertiary/aromatic N) is 12. The summed E-state index contributed by atoms with van der Waals surface area (Å²) in [6.45, 7) is 8.02. The highest BCUT2D eigenvalue weighted by Gasteiger charge is 2.23. The second kappa shape index (κ2) is 17.8. The summed E-state index contributed by atoms with van der Waals surface area (Å²) in [5, 5.41) is 22.3. The predicted molar refractivity (Wildman–Crippen MR) is 213 cm³/mol. The Labute approximate surface area is 328 Å². The van der Waals surface area contributed by atoms with Crippen molar-refractivity contribution in [1.29, 1.82) is 0 Å². The number of hydrogen-bond acceptors (Lipinski definition) is 15. The molecule has 6 aromatic rings. The number of nitrogens with one attached hydrogen (secondary N) is 4. The van der Waals surface area contributed by atoms with Crippen molar-refractivity contribution < 1.29 is 4.74 Å². The van der Waals surface area contributed by atoms with Crippen molar-refractivity contribution in [3.8, 4) is 34.4 Å². The Morgan fingerprint density at radius 2 is 1.19 bits per heavy atom. The molecule has 0 spiro atoms. The van der Waals surface area contributed by atoms with Crippen LogP contribution in [0.2, 0.25) is 0 Å². The third-order valence-corrected chi connectivity index (χ3v) is 10.0. The fraction of sp³-hybridized carbons (Fsp3) is 0.371. The summed E-state index contributed by atoms with van der Waals surface area (Å²) in [6, 6.07) is 4.00. The number of hydrogen-bond donors (Lipinski definition) is 4. The van der Waals surface area contributed by atoms with Crippen LogP contribution in [0.15, 0.2) is 70.9 Å². The molecule has 0 amide bonds. The molecule has 0 atom stereocenters. The van der Waals surface area contributed by atoms with E-state index >= 15 is 0 Å². The molecular weight excluding hydrogens is 820 g/mol. The van der Waals surface area contributed by atoms with Gasteiger partial charge in [-0.1, -0.05) is 0 Å². The molecule has 7 heterocycles. The van der Waals surface area contributed by atoms with E-state index in [9.17, 15) is 0 Å². The van der Waals surface area contributed by atoms with Gasteiger partial charge in [-0.3, -0.25) is 0 Å². The smallest absolute Gasteiger partial charge is 0.254 e. The van der Waals surface area contributed by atoms with Crippen LogP contribution in [-0.2, 0) is 4.74 Å². The topological polar surface area (TPSA) is 196 Å². The van der Waals surface area contributed by atoms with E-state index in [4.69, 9.17) is 9.72 Å². The molecule has 1 aliphatic carbocycles. The summed E-state index contributed by atoms with van der Waals surface area (Å²) >= 11 is 7.23. The van der Waals surface area contributed by atoms with Gasteiger partial charge in [-0.25, -0.2) is 29.3 Å². The number of rotatable bonds is 13. The number of halogens is 2. The normalized spacial score (nSPS) is 14.2. The van der Waals surface area contributed by atoms with Crippen LogP contribution in [0.4, 0.5) is 23.3 Å². The molecule has 1 aliphatic heterocycles. The summed E-state index contributed by atoms with van der Waals surface area (Å²) in [7, 11) is 0. The Kier molecular flexibility index (Phi) is 12.3. The molecule has 17 nitrogen and oxygen atoms in total. The molecule has 8 rings (SSSR count). The van der Waals surface area contributed by atoms with Gasteiger partial charge in [0.2, 0.25) is 0 Å². The molecule has 280 valence electrons. The van der Waals surface area contributed by atoms with Crippen molar-refractivity contribution in [3.05, 3.63) is 70.9 Å². The summed E-state index contributed by atoms with van der Waals surface area (Å²) in [5.74, 6) is 4.72. The van der Waals surface area contributed by atoms with Gasteiger partial charge in [0.25, 0.3) is 11.9 Å². The molecule has 4 N–H and O–H groups in total. The molecule has 2 fully saturated rings. The average Bonchev–Trinajstić information content (AvgIpc) is 3.66. The first-order valence-electron chi connectivity index (χ1n) is 17.8. The molecule has 1 saturated carbocycles. The first kappa shape index (κ1) is 37.2. The van der Waals surface area contributed by atoms with Crippen molar-refractivity contribution in [1.82, 2.24) is 59.4 Å². The third-order valence-electron chi connectivity index (χ3n) is 8.51. The van der Waals surface area contributed by atoms with E-state index in [1.54, 1.807) is 34.2 Å². The van der Waals surface area contributed by atoms with Crippen LogP contribution < -0.4 is 21.3 Å². The first-order chi connectivity index (χ1) is 26.5. The van der Waals surface area contributed by atoms with E-state index < -0.39 is 0 Å². The van der Waals surface area contributed by atoms with E-state index in [1.165, 1.54) is 25.5 Å². The minimum Gasteiger partial charge on any atom is -0.381 e. The lowest BCUT2D eigenvalue weighted by Gasteiger charge is -2.24. The van der Waals surface area contributed by atoms with Crippen LogP contribution in [0.25, 0.3) is 34.4 Å². The monoisotopic (exact) mass is 858 g/mol. The molecule has 0 aromatic carbocycles. The maximum Gasteiger partial charge on any atom is 0.254 e. The van der Waals surface area contributed by atoms with Gasteiger partial charge >= 0.3 is 0 Å². The molecule has 2 aliphatic rings. The number of anilines is 4. The average molecular weight is 861 g/mol. The number of aromatic nitrogens is 12. The van der Waals surface area contributed by atoms with Gasteiger partial charge in [0, 0.05) is 74.8 Å². The van der Waals surface area contributed by atoms with Gasteiger partial charge in [-0.05, 0) is 89.4 Å². The SMILES string of the molecule is CCNc1nc(-n2cc(-c3ccncn3)cn2)nc(NC2CCOCC2)c1Br.CCNc1nc(-n2cc(-c3ccncn3)cn2)nc(NCC2CC2)c1Br. The summed E-state index contributed by atoms with van der Waals surface area (Å²) < 4.78 is 10.4.